The van der Waals surface area contributed by atoms with Crippen LogP contribution in [0.1, 0.15) is 33.6 Å². The number of hydrogen-bond acceptors (Lipinski definition) is 1. The van der Waals surface area contributed by atoms with E-state index in [1.54, 1.807) is 0 Å². The van der Waals surface area contributed by atoms with Gasteiger partial charge in [0.2, 0.25) is 0 Å². The molecule has 3 heteroatoms. The van der Waals surface area contributed by atoms with Crippen molar-refractivity contribution >= 4 is 6.03 Å². The average Bonchev–Trinajstić information content (AvgIpc) is 1.85. The van der Waals surface area contributed by atoms with Gasteiger partial charge >= 0.3 is 6.03 Å². The van der Waals surface area contributed by atoms with E-state index in [1.807, 2.05) is 6.92 Å². The van der Waals surface area contributed by atoms with Crippen LogP contribution in [0.3, 0.4) is 0 Å². The predicted octanol–water partition coefficient (Wildman–Crippen LogP) is 1.48. The first-order valence-electron chi connectivity index (χ1n) is 3.72. The molecule has 62 valence electrons. The number of carbonyl (C=O) groups is 1. The van der Waals surface area contributed by atoms with Gasteiger partial charge in [0, 0.05) is 6.54 Å². The molecule has 0 aliphatic carbocycles. The number of primary amides is 1. The molecule has 2 amide bonds. The van der Waals surface area contributed by atoms with E-state index in [2.05, 4.69) is 19.2 Å². The van der Waals surface area contributed by atoms with E-state index in [-0.39, 0.29) is 0 Å². The van der Waals surface area contributed by atoms with Crippen molar-refractivity contribution in [2.45, 2.75) is 33.6 Å². The average molecular weight is 146 g/mol. The molecule has 0 heterocycles. The van der Waals surface area contributed by atoms with Crippen molar-refractivity contribution in [1.29, 1.82) is 0 Å². The van der Waals surface area contributed by atoms with E-state index in [0.29, 0.717) is 6.54 Å². The first-order chi connectivity index (χ1) is 4.68. The molecule has 0 aromatic rings. The second-order valence-corrected chi connectivity index (χ2v) is 2.00. The second-order valence-electron chi connectivity index (χ2n) is 2.00. The lowest BCUT2D eigenvalue weighted by atomic mass is 10.5. The largest absolute Gasteiger partial charge is 0.352 e. The molecule has 0 atom stereocenters. The molecule has 0 aromatic heterocycles. The molecule has 0 fully saturated rings. The quantitative estimate of drug-likeness (QED) is 0.609. The van der Waals surface area contributed by atoms with Crippen molar-refractivity contribution in [1.82, 2.24) is 5.32 Å². The first kappa shape index (κ1) is 12.0. The highest BCUT2D eigenvalue weighted by atomic mass is 16.2. The lowest BCUT2D eigenvalue weighted by Gasteiger charge is -1.93. The Bertz CT molecular complexity index is 74.0. The Morgan fingerprint density at radius 2 is 1.80 bits per heavy atom. The maximum absolute atomic E-state index is 9.87. The third-order valence-electron chi connectivity index (χ3n) is 0.549. The lowest BCUT2D eigenvalue weighted by Crippen LogP contribution is -2.29. The molecule has 3 nitrogen and oxygen atoms in total. The molecule has 0 aliphatic rings. The Morgan fingerprint density at radius 1 is 1.40 bits per heavy atom. The summed E-state index contributed by atoms with van der Waals surface area (Å²) in [5.74, 6) is 0. The monoisotopic (exact) mass is 146 g/mol. The van der Waals surface area contributed by atoms with Gasteiger partial charge in [0.15, 0.2) is 0 Å². The molecule has 10 heavy (non-hydrogen) atoms. The number of hydrogen-bond donors (Lipinski definition) is 2. The highest BCUT2D eigenvalue weighted by Crippen LogP contribution is 1.66. The third-order valence-corrected chi connectivity index (χ3v) is 0.549. The zero-order valence-electron chi connectivity index (χ0n) is 7.11. The van der Waals surface area contributed by atoms with Gasteiger partial charge in [-0.15, -0.1) is 0 Å². The highest BCUT2D eigenvalue weighted by Gasteiger charge is 1.83. The topological polar surface area (TPSA) is 55.1 Å². The summed E-state index contributed by atoms with van der Waals surface area (Å²) in [6.07, 6.45) is 2.18. The van der Waals surface area contributed by atoms with Crippen LogP contribution in [-0.4, -0.2) is 12.6 Å². The predicted molar refractivity (Wildman–Crippen MR) is 43.8 cm³/mol. The molecule has 0 unspecified atom stereocenters. The van der Waals surface area contributed by atoms with Gasteiger partial charge in [-0.1, -0.05) is 27.2 Å². The Kier molecular flexibility index (Phi) is 13.3. The van der Waals surface area contributed by atoms with Crippen LogP contribution >= 0.6 is 0 Å². The van der Waals surface area contributed by atoms with Gasteiger partial charge in [-0.3, -0.25) is 0 Å². The van der Waals surface area contributed by atoms with Crippen LogP contribution in [-0.2, 0) is 0 Å². The second kappa shape index (κ2) is 11.1. The zero-order valence-corrected chi connectivity index (χ0v) is 7.11. The standard InChI is InChI=1S/C4H10N2O.C3H8/c1-2-3-6-4(5)7;1-3-2/h2-3H2,1H3,(H3,5,6,7);3H2,1-2H3. The summed E-state index contributed by atoms with van der Waals surface area (Å²) in [7, 11) is 0. The van der Waals surface area contributed by atoms with Gasteiger partial charge in [0.1, 0.15) is 0 Å². The molecule has 3 N–H and O–H groups in total. The molecule has 0 spiro atoms. The van der Waals surface area contributed by atoms with E-state index < -0.39 is 6.03 Å². The summed E-state index contributed by atoms with van der Waals surface area (Å²) in [6, 6.07) is -0.443. The summed E-state index contributed by atoms with van der Waals surface area (Å²) in [4.78, 5) is 9.87. The molecular weight excluding hydrogens is 128 g/mol. The van der Waals surface area contributed by atoms with Gasteiger partial charge in [-0.05, 0) is 6.42 Å². The smallest absolute Gasteiger partial charge is 0.312 e. The molecular formula is C7H18N2O. The molecule has 0 aromatic carbocycles. The van der Waals surface area contributed by atoms with Crippen LogP contribution in [0.4, 0.5) is 4.79 Å². The lowest BCUT2D eigenvalue weighted by molar-refractivity contribution is 0.249. The minimum Gasteiger partial charge on any atom is -0.352 e. The minimum atomic E-state index is -0.443. The van der Waals surface area contributed by atoms with Gasteiger partial charge < -0.3 is 11.1 Å². The normalized spacial score (nSPS) is 7.50. The number of nitrogens with two attached hydrogens (primary N) is 1. The molecule has 0 aliphatic heterocycles. The Balaban J connectivity index is 0. The van der Waals surface area contributed by atoms with Crippen molar-refractivity contribution in [2.24, 2.45) is 5.73 Å². The fourth-order valence-corrected chi connectivity index (χ4v) is 0.248. The van der Waals surface area contributed by atoms with E-state index in [1.165, 1.54) is 6.42 Å². The van der Waals surface area contributed by atoms with Gasteiger partial charge in [-0.25, -0.2) is 4.79 Å². The van der Waals surface area contributed by atoms with Crippen molar-refractivity contribution in [3.8, 4) is 0 Å². The van der Waals surface area contributed by atoms with E-state index >= 15 is 0 Å². The van der Waals surface area contributed by atoms with Gasteiger partial charge in [-0.2, -0.15) is 0 Å². The van der Waals surface area contributed by atoms with Crippen LogP contribution < -0.4 is 11.1 Å². The van der Waals surface area contributed by atoms with Crippen LogP contribution in [0.2, 0.25) is 0 Å². The Hall–Kier alpha value is -0.730. The zero-order chi connectivity index (χ0) is 8.41. The van der Waals surface area contributed by atoms with E-state index in [0.717, 1.165) is 6.42 Å². The van der Waals surface area contributed by atoms with Crippen LogP contribution in [0.15, 0.2) is 0 Å². The number of urea groups is 1. The number of amides is 2. The SMILES string of the molecule is CCC.CCCNC(N)=O. The molecule has 0 radical (unpaired) electrons. The molecule has 0 bridgehead atoms. The fraction of sp³-hybridized carbons (Fsp3) is 0.857. The maximum atomic E-state index is 9.87. The maximum Gasteiger partial charge on any atom is 0.312 e. The van der Waals surface area contributed by atoms with Gasteiger partial charge in [0.25, 0.3) is 0 Å². The summed E-state index contributed by atoms with van der Waals surface area (Å²) in [6.45, 7) is 6.89. The Morgan fingerprint density at radius 3 is 1.90 bits per heavy atom. The van der Waals surface area contributed by atoms with Gasteiger partial charge in [0.05, 0.1) is 0 Å². The van der Waals surface area contributed by atoms with Crippen molar-refractivity contribution in [3.63, 3.8) is 0 Å². The van der Waals surface area contributed by atoms with Crippen LogP contribution in [0.5, 0.6) is 0 Å². The van der Waals surface area contributed by atoms with Crippen molar-refractivity contribution in [2.75, 3.05) is 6.54 Å². The number of nitrogens with one attached hydrogen (secondary N) is 1. The number of carbonyl (C=O) groups excluding carboxylic acids is 1. The third kappa shape index (κ3) is 26.7. The fourth-order valence-electron chi connectivity index (χ4n) is 0.248. The first-order valence-corrected chi connectivity index (χ1v) is 3.72. The molecule has 0 saturated carbocycles. The summed E-state index contributed by atoms with van der Waals surface area (Å²) < 4.78 is 0. The molecule has 0 saturated heterocycles. The van der Waals surface area contributed by atoms with Crippen molar-refractivity contribution in [3.05, 3.63) is 0 Å². The van der Waals surface area contributed by atoms with E-state index in [9.17, 15) is 4.79 Å². The minimum absolute atomic E-state index is 0.443. The summed E-state index contributed by atoms with van der Waals surface area (Å²) >= 11 is 0. The van der Waals surface area contributed by atoms with Crippen molar-refractivity contribution < 1.29 is 4.79 Å². The Labute approximate surface area is 63.0 Å². The van der Waals surface area contributed by atoms with Crippen LogP contribution in [0, 0.1) is 0 Å². The summed E-state index contributed by atoms with van der Waals surface area (Å²) in [5.41, 5.74) is 4.73. The van der Waals surface area contributed by atoms with E-state index in [4.69, 9.17) is 5.73 Å². The molecule has 0 rings (SSSR count). The summed E-state index contributed by atoms with van der Waals surface area (Å²) in [5, 5.41) is 2.43. The highest BCUT2D eigenvalue weighted by molar-refractivity contribution is 5.71. The van der Waals surface area contributed by atoms with Crippen LogP contribution in [0.25, 0.3) is 0 Å². The number of rotatable bonds is 2.